The maximum atomic E-state index is 16.2. The highest BCUT2D eigenvalue weighted by Gasteiger charge is 2.24. The van der Waals surface area contributed by atoms with Gasteiger partial charge in [-0.05, 0) is 50.6 Å². The number of fused-ring (bicyclic) bond motifs is 2. The molecule has 5 aromatic heterocycles. The normalized spacial score (nSPS) is 15.9. The number of hydrogen-bond acceptors (Lipinski definition) is 6. The molecule has 1 aliphatic heterocycles. The number of piperidine rings is 1. The van der Waals surface area contributed by atoms with Crippen molar-refractivity contribution >= 4 is 16.6 Å². The Kier molecular flexibility index (Phi) is 5.89. The van der Waals surface area contributed by atoms with Gasteiger partial charge in [0.25, 0.3) is 0 Å². The number of H-pyrrole nitrogens is 2. The number of halogens is 1. The number of nitrogens with zero attached hydrogens (tertiary/aromatic N) is 7. The van der Waals surface area contributed by atoms with Crippen molar-refractivity contribution in [1.82, 2.24) is 44.6 Å². The summed E-state index contributed by atoms with van der Waals surface area (Å²) in [7, 11) is 0. The summed E-state index contributed by atoms with van der Waals surface area (Å²) in [6.45, 7) is 4.92. The molecule has 0 spiro atoms. The van der Waals surface area contributed by atoms with Gasteiger partial charge in [0.15, 0.2) is 11.6 Å². The van der Waals surface area contributed by atoms with Gasteiger partial charge in [-0.1, -0.05) is 18.6 Å². The fourth-order valence-corrected chi connectivity index (χ4v) is 5.49. The second kappa shape index (κ2) is 9.70. The highest BCUT2D eigenvalue weighted by molar-refractivity contribution is 5.94. The SMILES string of the molecule is Cc1cn(C2=CC=CCc3[nH]c(-c4n[nH]c5cnc(-c6cncc(CN7CCCCC7)c6)c(F)c45)nc32)cn1. The summed E-state index contributed by atoms with van der Waals surface area (Å²) in [4.78, 5) is 23.9. The van der Waals surface area contributed by atoms with Crippen molar-refractivity contribution in [1.29, 1.82) is 0 Å². The molecule has 0 aromatic carbocycles. The van der Waals surface area contributed by atoms with Crippen LogP contribution in [0.2, 0.25) is 0 Å². The van der Waals surface area contributed by atoms with Gasteiger partial charge in [-0.2, -0.15) is 5.10 Å². The molecule has 1 fully saturated rings. The number of hydrogen-bond donors (Lipinski definition) is 2. The van der Waals surface area contributed by atoms with Crippen molar-refractivity contribution in [3.8, 4) is 22.8 Å². The van der Waals surface area contributed by atoms with E-state index in [0.29, 0.717) is 34.4 Å². The molecule has 2 aliphatic rings. The number of allylic oxidation sites excluding steroid dienone is 3. The van der Waals surface area contributed by atoms with Crippen LogP contribution >= 0.6 is 0 Å². The Labute approximate surface area is 224 Å². The van der Waals surface area contributed by atoms with Crippen LogP contribution in [0, 0.1) is 12.7 Å². The molecule has 39 heavy (non-hydrogen) atoms. The van der Waals surface area contributed by atoms with E-state index < -0.39 is 5.82 Å². The highest BCUT2D eigenvalue weighted by Crippen LogP contribution is 2.34. The lowest BCUT2D eigenvalue weighted by Gasteiger charge is -2.26. The molecule has 10 heteroatoms. The predicted octanol–water partition coefficient (Wildman–Crippen LogP) is 5.04. The van der Waals surface area contributed by atoms with Crippen LogP contribution < -0.4 is 0 Å². The molecule has 6 heterocycles. The van der Waals surface area contributed by atoms with E-state index in [9.17, 15) is 0 Å². The number of imidazole rings is 2. The quantitative estimate of drug-likeness (QED) is 0.336. The van der Waals surface area contributed by atoms with Crippen molar-refractivity contribution < 1.29 is 4.39 Å². The lowest BCUT2D eigenvalue weighted by Crippen LogP contribution is -2.29. The van der Waals surface area contributed by atoms with Crippen LogP contribution in [-0.4, -0.2) is 57.7 Å². The maximum Gasteiger partial charge on any atom is 0.161 e. The van der Waals surface area contributed by atoms with E-state index >= 15 is 4.39 Å². The number of rotatable bonds is 5. The smallest absolute Gasteiger partial charge is 0.161 e. The predicted molar refractivity (Wildman–Crippen MR) is 147 cm³/mol. The van der Waals surface area contributed by atoms with Crippen LogP contribution in [0.5, 0.6) is 0 Å². The minimum Gasteiger partial charge on any atom is -0.340 e. The molecule has 2 N–H and O–H groups in total. The first kappa shape index (κ1) is 23.7. The third kappa shape index (κ3) is 4.36. The number of aromatic nitrogens is 8. The van der Waals surface area contributed by atoms with Gasteiger partial charge in [-0.15, -0.1) is 0 Å². The molecule has 1 aliphatic carbocycles. The summed E-state index contributed by atoms with van der Waals surface area (Å²) in [5.74, 6) is 0.0537. The van der Waals surface area contributed by atoms with E-state index in [4.69, 9.17) is 4.98 Å². The molecule has 0 saturated carbocycles. The van der Waals surface area contributed by atoms with Crippen LogP contribution in [0.1, 0.15) is 41.9 Å². The van der Waals surface area contributed by atoms with Crippen molar-refractivity contribution in [2.24, 2.45) is 0 Å². The van der Waals surface area contributed by atoms with E-state index in [1.165, 1.54) is 19.3 Å². The molecule has 1 saturated heterocycles. The van der Waals surface area contributed by atoms with Crippen LogP contribution in [0.4, 0.5) is 4.39 Å². The number of pyridine rings is 2. The summed E-state index contributed by atoms with van der Waals surface area (Å²) in [6, 6.07) is 1.99. The zero-order valence-electron chi connectivity index (χ0n) is 21.7. The Morgan fingerprint density at radius 2 is 1.92 bits per heavy atom. The third-order valence-electron chi connectivity index (χ3n) is 7.42. The first-order chi connectivity index (χ1) is 19.1. The molecule has 0 amide bonds. The zero-order valence-corrected chi connectivity index (χ0v) is 21.7. The second-order valence-corrected chi connectivity index (χ2v) is 10.2. The van der Waals surface area contributed by atoms with Crippen LogP contribution in [0.3, 0.4) is 0 Å². The van der Waals surface area contributed by atoms with Crippen LogP contribution in [0.25, 0.3) is 39.4 Å². The highest BCUT2D eigenvalue weighted by atomic mass is 19.1. The van der Waals surface area contributed by atoms with Crippen molar-refractivity contribution in [3.05, 3.63) is 83.9 Å². The Hall–Kier alpha value is -4.44. The van der Waals surface area contributed by atoms with Gasteiger partial charge >= 0.3 is 0 Å². The first-order valence-electron chi connectivity index (χ1n) is 13.3. The van der Waals surface area contributed by atoms with Crippen molar-refractivity contribution in [2.75, 3.05) is 13.1 Å². The fourth-order valence-electron chi connectivity index (χ4n) is 5.49. The molecular weight excluding hydrogens is 493 g/mol. The van der Waals surface area contributed by atoms with E-state index in [1.54, 1.807) is 18.7 Å². The van der Waals surface area contributed by atoms with Gasteiger partial charge in [-0.25, -0.2) is 14.4 Å². The van der Waals surface area contributed by atoms with Gasteiger partial charge in [0.1, 0.15) is 17.1 Å². The number of nitrogens with one attached hydrogen (secondary N) is 2. The standard InChI is InChI=1S/C29H28FN9/c1-18-15-39(17-33-18)23-8-4-3-7-21-27(23)35-29(34-21)28-24-22(36-37-28)14-32-26(25(24)30)20-11-19(12-31-13-20)16-38-9-5-2-6-10-38/h3-4,8,11-15,17H,2,5-7,9-10,16H2,1H3,(H,34,35)(H,36,37). The Balaban J connectivity index is 1.27. The average Bonchev–Trinajstić information content (AvgIpc) is 3.66. The molecule has 196 valence electrons. The van der Waals surface area contributed by atoms with Crippen LogP contribution in [-0.2, 0) is 13.0 Å². The lowest BCUT2D eigenvalue weighted by atomic mass is 10.1. The maximum absolute atomic E-state index is 16.2. The molecule has 5 aromatic rings. The summed E-state index contributed by atoms with van der Waals surface area (Å²) in [6.07, 6.45) is 19.3. The monoisotopic (exact) mass is 521 g/mol. The third-order valence-corrected chi connectivity index (χ3v) is 7.42. The van der Waals surface area contributed by atoms with Gasteiger partial charge in [0.05, 0.1) is 34.8 Å². The molecule has 0 bridgehead atoms. The molecule has 0 radical (unpaired) electrons. The number of likely N-dealkylation sites (tertiary alicyclic amines) is 1. The number of aryl methyl sites for hydroxylation is 1. The van der Waals surface area contributed by atoms with Gasteiger partial charge in [0, 0.05) is 42.8 Å². The number of aromatic amines is 2. The summed E-state index contributed by atoms with van der Waals surface area (Å²) >= 11 is 0. The van der Waals surface area contributed by atoms with Gasteiger partial charge < -0.3 is 9.55 Å². The van der Waals surface area contributed by atoms with Gasteiger partial charge in [-0.3, -0.25) is 20.0 Å². The van der Waals surface area contributed by atoms with E-state index in [-0.39, 0.29) is 5.69 Å². The summed E-state index contributed by atoms with van der Waals surface area (Å²) in [5.41, 5.74) is 6.40. The largest absolute Gasteiger partial charge is 0.340 e. The molecular formula is C29H28FN9. The van der Waals surface area contributed by atoms with E-state index in [0.717, 1.165) is 48.0 Å². The summed E-state index contributed by atoms with van der Waals surface area (Å²) in [5, 5.41) is 7.73. The van der Waals surface area contributed by atoms with Gasteiger partial charge in [0.2, 0.25) is 0 Å². The minimum absolute atomic E-state index is 0.253. The van der Waals surface area contributed by atoms with E-state index in [1.807, 2.05) is 42.1 Å². The molecule has 0 unspecified atom stereocenters. The topological polar surface area (TPSA) is 104 Å². The Morgan fingerprint density at radius 1 is 1.03 bits per heavy atom. The van der Waals surface area contributed by atoms with Crippen LogP contribution in [0.15, 0.2) is 55.4 Å². The molecule has 7 rings (SSSR count). The van der Waals surface area contributed by atoms with E-state index in [2.05, 4.69) is 41.1 Å². The fraction of sp³-hybridized carbons (Fsp3) is 0.276. The summed E-state index contributed by atoms with van der Waals surface area (Å²) < 4.78 is 18.1. The minimum atomic E-state index is -0.444. The Morgan fingerprint density at radius 3 is 2.77 bits per heavy atom. The molecule has 0 atom stereocenters. The van der Waals surface area contributed by atoms with Crippen molar-refractivity contribution in [3.63, 3.8) is 0 Å². The molecule has 9 nitrogen and oxygen atoms in total. The lowest BCUT2D eigenvalue weighted by molar-refractivity contribution is 0.220. The Bertz CT molecular complexity index is 1730. The second-order valence-electron chi connectivity index (χ2n) is 10.2. The average molecular weight is 522 g/mol. The van der Waals surface area contributed by atoms with Crippen molar-refractivity contribution in [2.45, 2.75) is 39.2 Å². The first-order valence-corrected chi connectivity index (χ1v) is 13.3. The zero-order chi connectivity index (χ0) is 26.3.